The van der Waals surface area contributed by atoms with Crippen LogP contribution in [0.25, 0.3) is 10.8 Å². The number of benzene rings is 4. The van der Waals surface area contributed by atoms with Crippen LogP contribution in [0.3, 0.4) is 0 Å². The van der Waals surface area contributed by atoms with Crippen molar-refractivity contribution in [3.05, 3.63) is 113 Å². The van der Waals surface area contributed by atoms with Crippen LogP contribution < -0.4 is 15.0 Å². The van der Waals surface area contributed by atoms with Crippen LogP contribution in [0.4, 0.5) is 11.4 Å². The van der Waals surface area contributed by atoms with Crippen LogP contribution >= 0.6 is 11.6 Å². The first-order valence-electron chi connectivity index (χ1n) is 11.4. The molecule has 178 valence electrons. The van der Waals surface area contributed by atoms with Crippen LogP contribution in [-0.4, -0.2) is 17.8 Å². The quantitative estimate of drug-likeness (QED) is 0.199. The molecule has 0 radical (unpaired) electrons. The molecule has 0 atom stereocenters. The van der Waals surface area contributed by atoms with E-state index in [0.29, 0.717) is 29.1 Å². The van der Waals surface area contributed by atoms with E-state index in [0.717, 1.165) is 21.2 Å². The Kier molecular flexibility index (Phi) is 6.27. The van der Waals surface area contributed by atoms with E-state index in [1.54, 1.807) is 42.5 Å². The summed E-state index contributed by atoms with van der Waals surface area (Å²) in [4.78, 5) is 39.6. The van der Waals surface area contributed by atoms with Gasteiger partial charge in [-0.05, 0) is 65.2 Å². The number of nitrogens with one attached hydrogen (secondary N) is 1. The van der Waals surface area contributed by atoms with Gasteiger partial charge >= 0.3 is 5.97 Å². The minimum Gasteiger partial charge on any atom is -0.423 e. The van der Waals surface area contributed by atoms with E-state index in [1.165, 1.54) is 0 Å². The Morgan fingerprint density at radius 1 is 0.861 bits per heavy atom. The zero-order valence-corrected chi connectivity index (χ0v) is 20.1. The first-order chi connectivity index (χ1) is 17.5. The van der Waals surface area contributed by atoms with Crippen molar-refractivity contribution in [2.75, 3.05) is 10.2 Å². The lowest BCUT2D eigenvalue weighted by molar-refractivity contribution is -0.120. The third kappa shape index (κ3) is 4.34. The largest absolute Gasteiger partial charge is 0.423 e. The van der Waals surface area contributed by atoms with Gasteiger partial charge in [0.2, 0.25) is 0 Å². The van der Waals surface area contributed by atoms with Crippen LogP contribution in [0, 0.1) is 0 Å². The molecule has 4 aromatic rings. The average molecular weight is 497 g/mol. The van der Waals surface area contributed by atoms with Crippen molar-refractivity contribution in [3.63, 3.8) is 0 Å². The van der Waals surface area contributed by atoms with Crippen LogP contribution in [0.15, 0.2) is 102 Å². The molecule has 1 aliphatic heterocycles. The molecule has 36 heavy (non-hydrogen) atoms. The number of halogens is 1. The Morgan fingerprint density at radius 3 is 2.31 bits per heavy atom. The highest BCUT2D eigenvalue weighted by atomic mass is 35.5. The second kappa shape index (κ2) is 9.68. The van der Waals surface area contributed by atoms with Gasteiger partial charge in [0.05, 0.1) is 11.3 Å². The van der Waals surface area contributed by atoms with Gasteiger partial charge in [0.25, 0.3) is 11.8 Å². The SMILES string of the molecule is CCc1ccccc1N1C(=O)C(Cl)=C(Nc2ccc(C(=O)Oc3ccc4ccccc4c3)cc2)C1=O. The maximum Gasteiger partial charge on any atom is 0.343 e. The van der Waals surface area contributed by atoms with E-state index >= 15 is 0 Å². The van der Waals surface area contributed by atoms with Gasteiger partial charge in [0.15, 0.2) is 0 Å². The number of fused-ring (bicyclic) bond motifs is 1. The van der Waals surface area contributed by atoms with E-state index in [-0.39, 0.29) is 10.7 Å². The number of carbonyl (C=O) groups excluding carboxylic acids is 3. The lowest BCUT2D eigenvalue weighted by atomic mass is 10.1. The van der Waals surface area contributed by atoms with Gasteiger partial charge in [-0.25, -0.2) is 9.69 Å². The highest BCUT2D eigenvalue weighted by Gasteiger charge is 2.39. The van der Waals surface area contributed by atoms with Gasteiger partial charge < -0.3 is 10.1 Å². The van der Waals surface area contributed by atoms with Crippen LogP contribution in [-0.2, 0) is 16.0 Å². The monoisotopic (exact) mass is 496 g/mol. The first-order valence-corrected chi connectivity index (χ1v) is 11.8. The Morgan fingerprint density at radius 2 is 1.56 bits per heavy atom. The third-order valence-electron chi connectivity index (χ3n) is 5.96. The summed E-state index contributed by atoms with van der Waals surface area (Å²) in [6, 6.07) is 26.8. The molecule has 0 bridgehead atoms. The standard InChI is InChI=1S/C29H21ClN2O4/c1-2-18-7-5-6-10-24(18)32-27(33)25(30)26(28(32)34)31-22-14-11-20(12-15-22)29(35)36-23-16-13-19-8-3-4-9-21(19)17-23/h3-17,31H,2H2,1H3. The van der Waals surface area contributed by atoms with E-state index in [1.807, 2.05) is 55.5 Å². The molecule has 0 fully saturated rings. The fourth-order valence-electron chi connectivity index (χ4n) is 4.09. The summed E-state index contributed by atoms with van der Waals surface area (Å²) in [5, 5.41) is 4.76. The van der Waals surface area contributed by atoms with E-state index in [9.17, 15) is 14.4 Å². The van der Waals surface area contributed by atoms with Crippen molar-refractivity contribution in [1.82, 2.24) is 0 Å². The number of imide groups is 1. The maximum absolute atomic E-state index is 13.1. The molecule has 1 heterocycles. The minimum atomic E-state index is -0.583. The summed E-state index contributed by atoms with van der Waals surface area (Å²) in [7, 11) is 0. The number of amides is 2. The second-order valence-electron chi connectivity index (χ2n) is 8.22. The van der Waals surface area contributed by atoms with Crippen LogP contribution in [0.5, 0.6) is 5.75 Å². The molecule has 2 amide bonds. The molecule has 6 nitrogen and oxygen atoms in total. The molecule has 4 aromatic carbocycles. The van der Waals surface area contributed by atoms with Gasteiger partial charge in [-0.3, -0.25) is 9.59 Å². The first kappa shape index (κ1) is 23.3. The van der Waals surface area contributed by atoms with E-state index in [2.05, 4.69) is 5.32 Å². The van der Waals surface area contributed by atoms with E-state index in [4.69, 9.17) is 16.3 Å². The lowest BCUT2D eigenvalue weighted by Crippen LogP contribution is -2.33. The number of hydrogen-bond acceptors (Lipinski definition) is 5. The van der Waals surface area contributed by atoms with Gasteiger partial charge in [-0.2, -0.15) is 0 Å². The molecule has 0 saturated heterocycles. The van der Waals surface area contributed by atoms with Crippen molar-refractivity contribution >= 4 is 51.5 Å². The van der Waals surface area contributed by atoms with Gasteiger partial charge in [-0.15, -0.1) is 0 Å². The number of carbonyl (C=O) groups is 3. The number of para-hydroxylation sites is 1. The highest BCUT2D eigenvalue weighted by Crippen LogP contribution is 2.32. The molecule has 0 spiro atoms. The Bertz CT molecular complexity index is 1540. The number of rotatable bonds is 6. The van der Waals surface area contributed by atoms with Crippen molar-refractivity contribution in [2.24, 2.45) is 0 Å². The van der Waals surface area contributed by atoms with Gasteiger partial charge in [-0.1, -0.05) is 67.1 Å². The number of ether oxygens (including phenoxy) is 1. The molecular weight excluding hydrogens is 476 g/mol. The zero-order chi connectivity index (χ0) is 25.2. The molecule has 1 aliphatic rings. The number of aryl methyl sites for hydroxylation is 1. The Hall–Kier alpha value is -4.42. The number of nitrogens with zero attached hydrogens (tertiary/aromatic N) is 1. The van der Waals surface area contributed by atoms with E-state index < -0.39 is 17.8 Å². The number of anilines is 2. The fourth-order valence-corrected chi connectivity index (χ4v) is 4.30. The normalized spacial score (nSPS) is 13.4. The lowest BCUT2D eigenvalue weighted by Gasteiger charge is -2.18. The van der Waals surface area contributed by atoms with Crippen molar-refractivity contribution in [3.8, 4) is 5.75 Å². The predicted octanol–water partition coefficient (Wildman–Crippen LogP) is 6.06. The second-order valence-corrected chi connectivity index (χ2v) is 8.60. The Balaban J connectivity index is 1.30. The van der Waals surface area contributed by atoms with Crippen LogP contribution in [0.2, 0.25) is 0 Å². The summed E-state index contributed by atoms with van der Waals surface area (Å²) in [6.07, 6.45) is 0.657. The van der Waals surface area contributed by atoms with Gasteiger partial charge in [0, 0.05) is 5.69 Å². The molecule has 0 aliphatic carbocycles. The van der Waals surface area contributed by atoms with Crippen molar-refractivity contribution < 1.29 is 19.1 Å². The fraction of sp³-hybridized carbons (Fsp3) is 0.0690. The molecule has 0 saturated carbocycles. The Labute approximate surface area is 212 Å². The van der Waals surface area contributed by atoms with Crippen molar-refractivity contribution in [2.45, 2.75) is 13.3 Å². The minimum absolute atomic E-state index is 0.0148. The summed E-state index contributed by atoms with van der Waals surface area (Å²) < 4.78 is 5.52. The highest BCUT2D eigenvalue weighted by molar-refractivity contribution is 6.53. The third-order valence-corrected chi connectivity index (χ3v) is 6.31. The smallest absolute Gasteiger partial charge is 0.343 e. The molecule has 0 aromatic heterocycles. The van der Waals surface area contributed by atoms with Crippen LogP contribution in [0.1, 0.15) is 22.8 Å². The number of esters is 1. The summed E-state index contributed by atoms with van der Waals surface area (Å²) in [6.45, 7) is 1.95. The predicted molar refractivity (Wildman–Crippen MR) is 140 cm³/mol. The zero-order valence-electron chi connectivity index (χ0n) is 19.3. The topological polar surface area (TPSA) is 75.7 Å². The summed E-state index contributed by atoms with van der Waals surface area (Å²) in [5.41, 5.74) is 2.19. The molecular formula is C29H21ClN2O4. The molecule has 7 heteroatoms. The summed E-state index contributed by atoms with van der Waals surface area (Å²) in [5.74, 6) is -1.18. The number of hydrogen-bond donors (Lipinski definition) is 1. The summed E-state index contributed by atoms with van der Waals surface area (Å²) >= 11 is 6.26. The molecule has 1 N–H and O–H groups in total. The molecule has 5 rings (SSSR count). The average Bonchev–Trinajstić information content (AvgIpc) is 3.11. The molecule has 0 unspecified atom stereocenters. The van der Waals surface area contributed by atoms with Crippen molar-refractivity contribution in [1.29, 1.82) is 0 Å². The maximum atomic E-state index is 13.1. The van der Waals surface area contributed by atoms with Gasteiger partial charge in [0.1, 0.15) is 16.5 Å².